The number of hydrogen-bond acceptors (Lipinski definition) is 4. The molecule has 140 valence electrons. The van der Waals surface area contributed by atoms with E-state index in [1.54, 1.807) is 9.80 Å². The van der Waals surface area contributed by atoms with E-state index in [9.17, 15) is 9.59 Å². The van der Waals surface area contributed by atoms with Gasteiger partial charge in [-0.2, -0.15) is 0 Å². The van der Waals surface area contributed by atoms with Crippen molar-refractivity contribution in [2.45, 2.75) is 24.7 Å². The van der Waals surface area contributed by atoms with Crippen molar-refractivity contribution in [2.24, 2.45) is 0 Å². The Morgan fingerprint density at radius 3 is 2.92 bits per heavy atom. The number of likely N-dealkylation sites (tertiary alicyclic amines) is 2. The Bertz CT molecular complexity index is 728. The first kappa shape index (κ1) is 17.9. The van der Waals surface area contributed by atoms with E-state index in [4.69, 9.17) is 21.1 Å². The van der Waals surface area contributed by atoms with Gasteiger partial charge in [-0.3, -0.25) is 4.79 Å². The van der Waals surface area contributed by atoms with Crippen LogP contribution in [0.2, 0.25) is 5.02 Å². The number of morpholine rings is 1. The Kier molecular flexibility index (Phi) is 4.98. The number of nitrogens with zero attached hydrogens (tertiary/aromatic N) is 2. The van der Waals surface area contributed by atoms with Crippen LogP contribution in [0.15, 0.2) is 22.7 Å². The molecule has 4 rings (SSSR count). The van der Waals surface area contributed by atoms with Gasteiger partial charge >= 0.3 is 6.03 Å². The summed E-state index contributed by atoms with van der Waals surface area (Å²) in [7, 11) is 0. The first-order valence-corrected chi connectivity index (χ1v) is 9.74. The van der Waals surface area contributed by atoms with Crippen molar-refractivity contribution >= 4 is 39.5 Å². The average Bonchev–Trinajstić information content (AvgIpc) is 2.60. The van der Waals surface area contributed by atoms with Gasteiger partial charge in [-0.05, 0) is 34.5 Å². The molecule has 0 aromatic heterocycles. The van der Waals surface area contributed by atoms with E-state index >= 15 is 0 Å². The number of benzene rings is 1. The fourth-order valence-electron chi connectivity index (χ4n) is 3.50. The van der Waals surface area contributed by atoms with Crippen molar-refractivity contribution in [3.05, 3.63) is 27.7 Å². The molecular formula is C17H19BrClN3O4. The zero-order valence-corrected chi connectivity index (χ0v) is 16.3. The van der Waals surface area contributed by atoms with Crippen LogP contribution in [0.5, 0.6) is 5.75 Å². The molecular weight excluding hydrogens is 426 g/mol. The molecule has 3 saturated heterocycles. The summed E-state index contributed by atoms with van der Waals surface area (Å²) in [6.07, 6.45) is 0.668. The second-order valence-corrected chi connectivity index (χ2v) is 7.97. The van der Waals surface area contributed by atoms with Crippen molar-refractivity contribution in [3.8, 4) is 5.75 Å². The Balaban J connectivity index is 1.29. The normalized spacial score (nSPS) is 26.0. The van der Waals surface area contributed by atoms with Crippen LogP contribution in [0.25, 0.3) is 0 Å². The molecule has 1 aromatic carbocycles. The highest BCUT2D eigenvalue weighted by Crippen LogP contribution is 2.33. The number of urea groups is 1. The van der Waals surface area contributed by atoms with Crippen LogP contribution in [-0.2, 0) is 9.53 Å². The lowest BCUT2D eigenvalue weighted by Gasteiger charge is -2.45. The number of halogens is 2. The summed E-state index contributed by atoms with van der Waals surface area (Å²) in [4.78, 5) is 27.7. The lowest BCUT2D eigenvalue weighted by Crippen LogP contribution is -2.65. The van der Waals surface area contributed by atoms with Gasteiger partial charge in [0, 0.05) is 17.6 Å². The molecule has 0 radical (unpaired) electrons. The minimum atomic E-state index is -0.122. The van der Waals surface area contributed by atoms with E-state index < -0.39 is 0 Å². The first-order valence-electron chi connectivity index (χ1n) is 8.57. The molecule has 3 amide bonds. The summed E-state index contributed by atoms with van der Waals surface area (Å²) in [5.74, 6) is 0.491. The lowest BCUT2D eigenvalue weighted by molar-refractivity contribution is -0.139. The van der Waals surface area contributed by atoms with Crippen LogP contribution < -0.4 is 10.1 Å². The molecule has 3 aliphatic rings. The third-order valence-electron chi connectivity index (χ3n) is 4.92. The SMILES string of the molecule is O=C1CO[C@H]2CCN(C(=O)N3CC(Oc4cccc(Br)c4Cl)C3)C[C@H]2N1. The molecule has 0 bridgehead atoms. The largest absolute Gasteiger partial charge is 0.485 e. The Morgan fingerprint density at radius 1 is 1.31 bits per heavy atom. The van der Waals surface area contributed by atoms with Gasteiger partial charge in [0.1, 0.15) is 18.5 Å². The summed E-state index contributed by atoms with van der Waals surface area (Å²) in [5, 5.41) is 3.45. The maximum atomic E-state index is 12.7. The van der Waals surface area contributed by atoms with Gasteiger partial charge in [-0.15, -0.1) is 0 Å². The summed E-state index contributed by atoms with van der Waals surface area (Å²) in [6.45, 7) is 2.27. The zero-order valence-electron chi connectivity index (χ0n) is 14.0. The first-order chi connectivity index (χ1) is 12.5. The van der Waals surface area contributed by atoms with Crippen molar-refractivity contribution in [3.63, 3.8) is 0 Å². The van der Waals surface area contributed by atoms with Gasteiger partial charge < -0.3 is 24.6 Å². The molecule has 1 N–H and O–H groups in total. The van der Waals surface area contributed by atoms with Crippen LogP contribution in [-0.4, -0.2) is 72.8 Å². The summed E-state index contributed by atoms with van der Waals surface area (Å²) in [5.41, 5.74) is 0. The number of nitrogens with one attached hydrogen (secondary N) is 1. The fraction of sp³-hybridized carbons (Fsp3) is 0.529. The monoisotopic (exact) mass is 443 g/mol. The van der Waals surface area contributed by atoms with E-state index in [2.05, 4.69) is 21.2 Å². The van der Waals surface area contributed by atoms with Gasteiger partial charge in [0.15, 0.2) is 0 Å². The second kappa shape index (κ2) is 7.25. The highest BCUT2D eigenvalue weighted by atomic mass is 79.9. The second-order valence-electron chi connectivity index (χ2n) is 6.74. The lowest BCUT2D eigenvalue weighted by atomic mass is 10.0. The predicted molar refractivity (Wildman–Crippen MR) is 98.4 cm³/mol. The predicted octanol–water partition coefficient (Wildman–Crippen LogP) is 1.87. The summed E-state index contributed by atoms with van der Waals surface area (Å²) < 4.78 is 12.2. The smallest absolute Gasteiger partial charge is 0.320 e. The van der Waals surface area contributed by atoms with Gasteiger partial charge in [-0.25, -0.2) is 4.79 Å². The van der Waals surface area contributed by atoms with Gasteiger partial charge in [0.05, 0.1) is 30.3 Å². The standard InChI is InChI=1S/C17H19BrClN3O4/c18-11-2-1-3-14(16(11)19)26-10-6-22(7-10)17(24)21-5-4-13-12(8-21)20-15(23)9-25-13/h1-3,10,12-13H,4-9H2,(H,20,23)/t12-,13+/m1/s1. The number of hydrogen-bond donors (Lipinski definition) is 1. The molecule has 0 aliphatic carbocycles. The third kappa shape index (κ3) is 3.50. The van der Waals surface area contributed by atoms with Gasteiger partial charge in [0.25, 0.3) is 0 Å². The number of fused-ring (bicyclic) bond motifs is 1. The zero-order chi connectivity index (χ0) is 18.3. The quantitative estimate of drug-likeness (QED) is 0.756. The van der Waals surface area contributed by atoms with E-state index in [1.165, 1.54) is 0 Å². The number of piperidine rings is 1. The van der Waals surface area contributed by atoms with Crippen molar-refractivity contribution in [1.82, 2.24) is 15.1 Å². The molecule has 26 heavy (non-hydrogen) atoms. The molecule has 3 fully saturated rings. The molecule has 0 spiro atoms. The molecule has 3 aliphatic heterocycles. The van der Waals surface area contributed by atoms with E-state index in [-0.39, 0.29) is 36.8 Å². The molecule has 2 atom stereocenters. The summed E-state index contributed by atoms with van der Waals surface area (Å²) in [6, 6.07) is 5.38. The molecule has 7 nitrogen and oxygen atoms in total. The minimum Gasteiger partial charge on any atom is -0.485 e. The maximum Gasteiger partial charge on any atom is 0.320 e. The highest BCUT2D eigenvalue weighted by Gasteiger charge is 2.40. The average molecular weight is 445 g/mol. The van der Waals surface area contributed by atoms with Crippen molar-refractivity contribution < 1.29 is 19.1 Å². The Hall–Kier alpha value is -1.51. The van der Waals surface area contributed by atoms with Gasteiger partial charge in [0.2, 0.25) is 5.91 Å². The molecule has 3 heterocycles. The highest BCUT2D eigenvalue weighted by molar-refractivity contribution is 9.10. The maximum absolute atomic E-state index is 12.7. The Labute approximate surface area is 164 Å². The van der Waals surface area contributed by atoms with E-state index in [0.29, 0.717) is 37.0 Å². The number of ether oxygens (including phenoxy) is 2. The Morgan fingerprint density at radius 2 is 2.12 bits per heavy atom. The number of carbonyl (C=O) groups excluding carboxylic acids is 2. The minimum absolute atomic E-state index is 0.00268. The molecule has 0 unspecified atom stereocenters. The third-order valence-corrected chi connectivity index (χ3v) is 6.20. The number of amides is 3. The molecule has 0 saturated carbocycles. The fourth-order valence-corrected chi connectivity index (χ4v) is 4.02. The summed E-state index contributed by atoms with van der Waals surface area (Å²) >= 11 is 9.58. The van der Waals surface area contributed by atoms with Crippen LogP contribution in [0.4, 0.5) is 4.79 Å². The van der Waals surface area contributed by atoms with Crippen LogP contribution in [0.1, 0.15) is 6.42 Å². The van der Waals surface area contributed by atoms with E-state index in [0.717, 1.165) is 10.9 Å². The van der Waals surface area contributed by atoms with Crippen molar-refractivity contribution in [1.29, 1.82) is 0 Å². The molecule has 1 aromatic rings. The van der Waals surface area contributed by atoms with Crippen LogP contribution >= 0.6 is 27.5 Å². The molecule has 9 heteroatoms. The van der Waals surface area contributed by atoms with Crippen LogP contribution in [0, 0.1) is 0 Å². The van der Waals surface area contributed by atoms with Crippen molar-refractivity contribution in [2.75, 3.05) is 32.8 Å². The van der Waals surface area contributed by atoms with Crippen LogP contribution in [0.3, 0.4) is 0 Å². The number of rotatable bonds is 2. The number of carbonyl (C=O) groups is 2. The van der Waals surface area contributed by atoms with E-state index in [1.807, 2.05) is 18.2 Å². The van der Waals surface area contributed by atoms with Gasteiger partial charge in [-0.1, -0.05) is 17.7 Å². The topological polar surface area (TPSA) is 71.1 Å².